The molecule has 0 saturated carbocycles. The quantitative estimate of drug-likeness (QED) is 0.871. The molecule has 7 heteroatoms. The molecule has 2 fully saturated rings. The van der Waals surface area contributed by atoms with Crippen molar-refractivity contribution < 1.29 is 14.0 Å². The molecular weight excluding hydrogens is 285 g/mol. The normalized spacial score (nSPS) is 21.6. The van der Waals surface area contributed by atoms with Crippen LogP contribution in [0.5, 0.6) is 0 Å². The van der Waals surface area contributed by atoms with Crippen LogP contribution in [0.15, 0.2) is 18.2 Å². The molecule has 0 unspecified atom stereocenters. The lowest BCUT2D eigenvalue weighted by atomic mass is 10.2. The predicted octanol–water partition coefficient (Wildman–Crippen LogP) is 2.28. The smallest absolute Gasteiger partial charge is 0.328 e. The van der Waals surface area contributed by atoms with E-state index < -0.39 is 5.82 Å². The van der Waals surface area contributed by atoms with Gasteiger partial charge in [-0.05, 0) is 31.0 Å². The van der Waals surface area contributed by atoms with E-state index in [1.54, 1.807) is 4.90 Å². The van der Waals surface area contributed by atoms with Crippen LogP contribution in [-0.4, -0.2) is 41.0 Å². The van der Waals surface area contributed by atoms with Crippen LogP contribution in [0.2, 0.25) is 5.02 Å². The molecule has 3 amide bonds. The fourth-order valence-corrected chi connectivity index (χ4v) is 2.78. The van der Waals surface area contributed by atoms with E-state index in [-0.39, 0.29) is 29.7 Å². The summed E-state index contributed by atoms with van der Waals surface area (Å²) < 4.78 is 13.0. The first-order valence-corrected chi connectivity index (χ1v) is 6.76. The molecule has 2 aliphatic heterocycles. The average Bonchev–Trinajstić information content (AvgIpc) is 2.98. The molecule has 0 aromatic heterocycles. The van der Waals surface area contributed by atoms with Crippen molar-refractivity contribution in [3.05, 3.63) is 29.0 Å². The van der Waals surface area contributed by atoms with Gasteiger partial charge in [0.15, 0.2) is 0 Å². The van der Waals surface area contributed by atoms with Crippen LogP contribution in [0.4, 0.5) is 14.9 Å². The minimum Gasteiger partial charge on any atom is -0.367 e. The molecule has 3 rings (SSSR count). The summed E-state index contributed by atoms with van der Waals surface area (Å²) in [5.74, 6) is -0.681. The van der Waals surface area contributed by atoms with Gasteiger partial charge in [0.1, 0.15) is 11.9 Å². The summed E-state index contributed by atoms with van der Waals surface area (Å²) in [4.78, 5) is 26.9. The SMILES string of the molecule is O=C1[C@H]2CCCN2C(=O)N1CNc1ccc(F)c(Cl)c1. The van der Waals surface area contributed by atoms with Crippen molar-refractivity contribution in [1.82, 2.24) is 9.80 Å². The Balaban J connectivity index is 1.68. The number of imide groups is 1. The van der Waals surface area contributed by atoms with E-state index in [1.165, 1.54) is 23.1 Å². The standard InChI is InChI=1S/C13H13ClFN3O2/c14-9-6-8(3-4-10(9)15)16-7-18-12(19)11-2-1-5-17(11)13(18)20/h3-4,6,11,16H,1-2,5,7H2/t11-/m1/s1. The molecule has 1 N–H and O–H groups in total. The Morgan fingerprint density at radius 2 is 2.20 bits per heavy atom. The molecule has 5 nitrogen and oxygen atoms in total. The maximum absolute atomic E-state index is 13.0. The third-order valence-corrected chi connectivity index (χ3v) is 3.93. The third-order valence-electron chi connectivity index (χ3n) is 3.64. The van der Waals surface area contributed by atoms with Crippen molar-refractivity contribution in [2.75, 3.05) is 18.5 Å². The Kier molecular flexibility index (Phi) is 3.25. The summed E-state index contributed by atoms with van der Waals surface area (Å²) in [7, 11) is 0. The van der Waals surface area contributed by atoms with Gasteiger partial charge in [0.05, 0.1) is 11.7 Å². The van der Waals surface area contributed by atoms with Crippen molar-refractivity contribution in [3.8, 4) is 0 Å². The molecule has 1 aromatic carbocycles. The molecule has 2 heterocycles. The molecule has 0 aliphatic carbocycles. The lowest BCUT2D eigenvalue weighted by Crippen LogP contribution is -2.37. The number of anilines is 1. The lowest BCUT2D eigenvalue weighted by Gasteiger charge is -2.17. The van der Waals surface area contributed by atoms with Crippen molar-refractivity contribution in [2.45, 2.75) is 18.9 Å². The van der Waals surface area contributed by atoms with Gasteiger partial charge in [-0.1, -0.05) is 11.6 Å². The summed E-state index contributed by atoms with van der Waals surface area (Å²) in [6.45, 7) is 0.695. The zero-order valence-electron chi connectivity index (χ0n) is 10.6. The number of nitrogens with one attached hydrogen (secondary N) is 1. The van der Waals surface area contributed by atoms with Gasteiger partial charge in [-0.25, -0.2) is 14.1 Å². The minimum atomic E-state index is -0.508. The molecule has 2 saturated heterocycles. The van der Waals surface area contributed by atoms with Crippen LogP contribution in [0, 0.1) is 5.82 Å². The highest BCUT2D eigenvalue weighted by molar-refractivity contribution is 6.31. The van der Waals surface area contributed by atoms with Crippen LogP contribution in [0.3, 0.4) is 0 Å². The molecule has 1 aromatic rings. The van der Waals surface area contributed by atoms with E-state index in [0.29, 0.717) is 12.2 Å². The number of nitrogens with zero attached hydrogens (tertiary/aromatic N) is 2. The molecule has 2 aliphatic rings. The monoisotopic (exact) mass is 297 g/mol. The van der Waals surface area contributed by atoms with E-state index in [2.05, 4.69) is 5.32 Å². The fourth-order valence-electron chi connectivity index (χ4n) is 2.60. The first kappa shape index (κ1) is 13.2. The van der Waals surface area contributed by atoms with Crippen LogP contribution in [0.1, 0.15) is 12.8 Å². The Morgan fingerprint density at radius 3 is 2.90 bits per heavy atom. The van der Waals surface area contributed by atoms with E-state index in [9.17, 15) is 14.0 Å². The number of amides is 3. The number of hydrogen-bond donors (Lipinski definition) is 1. The minimum absolute atomic E-state index is 0.00491. The summed E-state index contributed by atoms with van der Waals surface area (Å²) >= 11 is 5.67. The van der Waals surface area contributed by atoms with Crippen LogP contribution in [0.25, 0.3) is 0 Å². The number of hydrogen-bond acceptors (Lipinski definition) is 3. The highest BCUT2D eigenvalue weighted by Gasteiger charge is 2.47. The highest BCUT2D eigenvalue weighted by Crippen LogP contribution is 2.27. The number of fused-ring (bicyclic) bond motifs is 1. The van der Waals surface area contributed by atoms with Gasteiger partial charge >= 0.3 is 6.03 Å². The summed E-state index contributed by atoms with van der Waals surface area (Å²) in [5.41, 5.74) is 0.559. The van der Waals surface area contributed by atoms with Crippen LogP contribution >= 0.6 is 11.6 Å². The second kappa shape index (κ2) is 4.94. The van der Waals surface area contributed by atoms with Gasteiger partial charge in [0.2, 0.25) is 0 Å². The number of halogens is 2. The number of rotatable bonds is 3. The van der Waals surface area contributed by atoms with Gasteiger partial charge in [0, 0.05) is 12.2 Å². The van der Waals surface area contributed by atoms with Crippen molar-refractivity contribution in [2.24, 2.45) is 0 Å². The maximum Gasteiger partial charge on any atom is 0.328 e. The zero-order chi connectivity index (χ0) is 14.3. The zero-order valence-corrected chi connectivity index (χ0v) is 11.4. The largest absolute Gasteiger partial charge is 0.367 e. The maximum atomic E-state index is 13.0. The van der Waals surface area contributed by atoms with E-state index in [4.69, 9.17) is 11.6 Å². The molecule has 0 bridgehead atoms. The first-order chi connectivity index (χ1) is 9.58. The Hall–Kier alpha value is -1.82. The van der Waals surface area contributed by atoms with E-state index >= 15 is 0 Å². The van der Waals surface area contributed by atoms with E-state index in [0.717, 1.165) is 12.8 Å². The molecule has 0 spiro atoms. The van der Waals surface area contributed by atoms with Crippen molar-refractivity contribution in [3.63, 3.8) is 0 Å². The first-order valence-electron chi connectivity index (χ1n) is 6.39. The Labute approximate surface area is 120 Å². The number of benzene rings is 1. The molecule has 0 radical (unpaired) electrons. The third kappa shape index (κ3) is 2.10. The van der Waals surface area contributed by atoms with Gasteiger partial charge in [-0.2, -0.15) is 0 Å². The average molecular weight is 298 g/mol. The van der Waals surface area contributed by atoms with Crippen LogP contribution in [-0.2, 0) is 4.79 Å². The molecule has 1 atom stereocenters. The molecule has 106 valence electrons. The number of carbonyl (C=O) groups is 2. The topological polar surface area (TPSA) is 52.7 Å². The fraction of sp³-hybridized carbons (Fsp3) is 0.385. The lowest BCUT2D eigenvalue weighted by molar-refractivity contribution is -0.127. The van der Waals surface area contributed by atoms with Gasteiger partial charge < -0.3 is 10.2 Å². The second-order valence-corrected chi connectivity index (χ2v) is 5.27. The summed E-state index contributed by atoms with van der Waals surface area (Å²) in [6, 6.07) is 3.59. The predicted molar refractivity (Wildman–Crippen MR) is 71.9 cm³/mol. The van der Waals surface area contributed by atoms with E-state index in [1.807, 2.05) is 0 Å². The second-order valence-electron chi connectivity index (χ2n) is 4.86. The number of carbonyl (C=O) groups excluding carboxylic acids is 2. The Bertz CT molecular complexity index is 559. The summed E-state index contributed by atoms with van der Waals surface area (Å²) in [6.07, 6.45) is 1.60. The van der Waals surface area contributed by atoms with Crippen molar-refractivity contribution >= 4 is 29.2 Å². The van der Waals surface area contributed by atoms with Gasteiger partial charge in [0.25, 0.3) is 5.91 Å². The van der Waals surface area contributed by atoms with Gasteiger partial charge in [-0.3, -0.25) is 4.79 Å². The number of urea groups is 1. The highest BCUT2D eigenvalue weighted by atomic mass is 35.5. The van der Waals surface area contributed by atoms with Crippen molar-refractivity contribution in [1.29, 1.82) is 0 Å². The molecular formula is C13H13ClFN3O2. The summed E-state index contributed by atoms with van der Waals surface area (Å²) in [5, 5.41) is 2.91. The molecule has 20 heavy (non-hydrogen) atoms. The van der Waals surface area contributed by atoms with Gasteiger partial charge in [-0.15, -0.1) is 0 Å². The van der Waals surface area contributed by atoms with Crippen LogP contribution < -0.4 is 5.32 Å². The Morgan fingerprint density at radius 1 is 1.40 bits per heavy atom.